The Balaban J connectivity index is 1.93. The highest BCUT2D eigenvalue weighted by Crippen LogP contribution is 2.35. The number of amides is 1. The van der Waals surface area contributed by atoms with Gasteiger partial charge in [-0.2, -0.15) is 4.99 Å². The molecule has 0 unspecified atom stereocenters. The van der Waals surface area contributed by atoms with Crippen molar-refractivity contribution in [3.05, 3.63) is 51.0 Å². The van der Waals surface area contributed by atoms with Gasteiger partial charge in [0, 0.05) is 16.8 Å². The number of aryl methyl sites for hydroxylation is 1. The molecule has 0 spiro atoms. The number of carbonyl (C=O) groups is 1. The van der Waals surface area contributed by atoms with Gasteiger partial charge in [0.15, 0.2) is 5.17 Å². The van der Waals surface area contributed by atoms with Crippen LogP contribution in [0.25, 0.3) is 6.08 Å². The van der Waals surface area contributed by atoms with E-state index in [4.69, 9.17) is 0 Å². The Labute approximate surface area is 140 Å². The summed E-state index contributed by atoms with van der Waals surface area (Å²) in [6.07, 6.45) is 3.61. The summed E-state index contributed by atoms with van der Waals surface area (Å²) in [7, 11) is 0. The predicted molar refractivity (Wildman–Crippen MR) is 95.7 cm³/mol. The monoisotopic (exact) mass is 347 g/mol. The zero-order valence-corrected chi connectivity index (χ0v) is 14.3. The van der Waals surface area contributed by atoms with E-state index in [0.717, 1.165) is 10.6 Å². The van der Waals surface area contributed by atoms with Crippen LogP contribution < -0.4 is 0 Å². The molecule has 0 aliphatic carbocycles. The average Bonchev–Trinajstić information content (AvgIpc) is 3.19. The third-order valence-corrected chi connectivity index (χ3v) is 5.49. The molecule has 22 heavy (non-hydrogen) atoms. The summed E-state index contributed by atoms with van der Waals surface area (Å²) >= 11 is 4.46. The van der Waals surface area contributed by atoms with Crippen molar-refractivity contribution in [2.24, 2.45) is 4.99 Å². The molecule has 1 fully saturated rings. The van der Waals surface area contributed by atoms with Crippen LogP contribution in [-0.2, 0) is 4.79 Å². The van der Waals surface area contributed by atoms with Crippen LogP contribution in [0.2, 0.25) is 0 Å². The summed E-state index contributed by atoms with van der Waals surface area (Å²) in [5, 5.41) is 5.26. The smallest absolute Gasteiger partial charge is 0.267 e. The highest BCUT2D eigenvalue weighted by molar-refractivity contribution is 8.18. The minimum Gasteiger partial charge on any atom is -0.282 e. The molecule has 112 valence electrons. The number of aliphatic imine (C=N–C) groups is 1. The number of nitrogens with zero attached hydrogens (tertiary/aromatic N) is 3. The zero-order valence-electron chi connectivity index (χ0n) is 11.9. The Hall–Kier alpha value is -1.70. The van der Waals surface area contributed by atoms with Crippen LogP contribution in [-0.4, -0.2) is 27.5 Å². The number of hydrogen-bond acceptors (Lipinski definition) is 6. The molecule has 7 heteroatoms. The SMILES string of the molecule is C=CCN1C(=O)/C(=C\c2cccs2)S/C1=N/c1nc(C)cs1. The first-order valence-electron chi connectivity index (χ1n) is 6.54. The van der Waals surface area contributed by atoms with Gasteiger partial charge >= 0.3 is 0 Å². The van der Waals surface area contributed by atoms with Gasteiger partial charge in [0.25, 0.3) is 5.91 Å². The molecule has 3 heterocycles. The Morgan fingerprint density at radius 1 is 1.45 bits per heavy atom. The van der Waals surface area contributed by atoms with Gasteiger partial charge in [0.05, 0.1) is 10.6 Å². The van der Waals surface area contributed by atoms with E-state index < -0.39 is 0 Å². The molecule has 0 aromatic carbocycles. The molecule has 0 saturated carbocycles. The van der Waals surface area contributed by atoms with Crippen molar-refractivity contribution in [3.8, 4) is 0 Å². The number of thiazole rings is 1. The van der Waals surface area contributed by atoms with E-state index in [9.17, 15) is 4.79 Å². The van der Waals surface area contributed by atoms with E-state index >= 15 is 0 Å². The fourth-order valence-electron chi connectivity index (χ4n) is 1.86. The molecule has 0 atom stereocenters. The van der Waals surface area contributed by atoms with Gasteiger partial charge in [0.1, 0.15) is 0 Å². The number of hydrogen-bond donors (Lipinski definition) is 0. The van der Waals surface area contributed by atoms with E-state index in [1.54, 1.807) is 22.3 Å². The van der Waals surface area contributed by atoms with Crippen molar-refractivity contribution in [3.63, 3.8) is 0 Å². The summed E-state index contributed by atoms with van der Waals surface area (Å²) in [5.74, 6) is -0.0367. The Bertz CT molecular complexity index is 759. The second-order valence-corrected chi connectivity index (χ2v) is 7.32. The third-order valence-electron chi connectivity index (χ3n) is 2.81. The van der Waals surface area contributed by atoms with Gasteiger partial charge in [-0.25, -0.2) is 4.98 Å². The third kappa shape index (κ3) is 3.21. The van der Waals surface area contributed by atoms with E-state index in [-0.39, 0.29) is 5.91 Å². The van der Waals surface area contributed by atoms with E-state index in [1.807, 2.05) is 35.9 Å². The molecule has 1 amide bonds. The standard InChI is InChI=1S/C15H13N3OS3/c1-3-6-18-13(19)12(8-11-5-4-7-20-11)22-15(18)17-14-16-10(2)9-21-14/h3-5,7-9H,1,6H2,2H3/b12-8+,17-15+. The van der Waals surface area contributed by atoms with Gasteiger partial charge in [0.2, 0.25) is 5.13 Å². The summed E-state index contributed by atoms with van der Waals surface area (Å²) in [5.41, 5.74) is 0.934. The Morgan fingerprint density at radius 3 is 2.95 bits per heavy atom. The fraction of sp³-hybridized carbons (Fsp3) is 0.133. The first kappa shape index (κ1) is 15.2. The lowest BCUT2D eigenvalue weighted by Crippen LogP contribution is -2.29. The van der Waals surface area contributed by atoms with Crippen molar-refractivity contribution < 1.29 is 4.79 Å². The van der Waals surface area contributed by atoms with Gasteiger partial charge in [-0.05, 0) is 36.2 Å². The fourth-order valence-corrected chi connectivity index (χ4v) is 4.29. The maximum atomic E-state index is 12.5. The zero-order chi connectivity index (χ0) is 15.5. The number of aromatic nitrogens is 1. The Morgan fingerprint density at radius 2 is 2.32 bits per heavy atom. The highest BCUT2D eigenvalue weighted by atomic mass is 32.2. The molecule has 1 saturated heterocycles. The van der Waals surface area contributed by atoms with Crippen LogP contribution in [0.15, 0.2) is 45.4 Å². The van der Waals surface area contributed by atoms with Gasteiger partial charge in [-0.3, -0.25) is 9.69 Å². The topological polar surface area (TPSA) is 45.6 Å². The maximum absolute atomic E-state index is 12.5. The molecule has 0 bridgehead atoms. The van der Waals surface area contributed by atoms with Crippen LogP contribution >= 0.6 is 34.4 Å². The summed E-state index contributed by atoms with van der Waals surface area (Å²) in [6, 6.07) is 3.96. The van der Waals surface area contributed by atoms with Crippen molar-refractivity contribution in [2.75, 3.05) is 6.54 Å². The predicted octanol–water partition coefficient (Wildman–Crippen LogP) is 4.30. The number of carbonyl (C=O) groups excluding carboxylic acids is 1. The summed E-state index contributed by atoms with van der Waals surface area (Å²) in [4.78, 5) is 24.7. The number of thiophene rings is 1. The van der Waals surface area contributed by atoms with Crippen LogP contribution in [0.3, 0.4) is 0 Å². The highest BCUT2D eigenvalue weighted by Gasteiger charge is 2.32. The molecular weight excluding hydrogens is 334 g/mol. The number of amidine groups is 1. The minimum absolute atomic E-state index is 0.0367. The summed E-state index contributed by atoms with van der Waals surface area (Å²) in [6.45, 7) is 6.09. The van der Waals surface area contributed by atoms with E-state index in [0.29, 0.717) is 21.7 Å². The summed E-state index contributed by atoms with van der Waals surface area (Å²) < 4.78 is 0. The second kappa shape index (κ2) is 6.60. The van der Waals surface area contributed by atoms with Gasteiger partial charge < -0.3 is 0 Å². The second-order valence-electron chi connectivity index (χ2n) is 4.50. The molecule has 4 nitrogen and oxygen atoms in total. The number of rotatable bonds is 4. The van der Waals surface area contributed by atoms with Crippen molar-refractivity contribution in [1.29, 1.82) is 0 Å². The van der Waals surface area contributed by atoms with Crippen molar-refractivity contribution >= 4 is 56.7 Å². The lowest BCUT2D eigenvalue weighted by Gasteiger charge is -2.11. The molecule has 1 aliphatic rings. The van der Waals surface area contributed by atoms with E-state index in [2.05, 4.69) is 16.6 Å². The van der Waals surface area contributed by atoms with Crippen LogP contribution in [0.4, 0.5) is 5.13 Å². The average molecular weight is 347 g/mol. The van der Waals surface area contributed by atoms with Gasteiger partial charge in [-0.15, -0.1) is 29.3 Å². The van der Waals surface area contributed by atoms with Crippen molar-refractivity contribution in [2.45, 2.75) is 6.92 Å². The molecule has 0 N–H and O–H groups in total. The normalized spacial score (nSPS) is 18.6. The molecule has 2 aromatic heterocycles. The van der Waals surface area contributed by atoms with E-state index in [1.165, 1.54) is 23.1 Å². The van der Waals surface area contributed by atoms with Gasteiger partial charge in [-0.1, -0.05) is 12.1 Å². The molecule has 2 aromatic rings. The Kier molecular flexibility index (Phi) is 4.56. The van der Waals surface area contributed by atoms with Crippen molar-refractivity contribution in [1.82, 2.24) is 9.88 Å². The quantitative estimate of drug-likeness (QED) is 0.612. The lowest BCUT2D eigenvalue weighted by atomic mass is 10.3. The van der Waals surface area contributed by atoms with Crippen LogP contribution in [0.5, 0.6) is 0 Å². The maximum Gasteiger partial charge on any atom is 0.267 e. The molecule has 1 aliphatic heterocycles. The molecule has 3 rings (SSSR count). The van der Waals surface area contributed by atoms with Crippen LogP contribution in [0.1, 0.15) is 10.6 Å². The first-order valence-corrected chi connectivity index (χ1v) is 9.11. The van der Waals surface area contributed by atoms with Crippen LogP contribution in [0, 0.1) is 6.92 Å². The lowest BCUT2D eigenvalue weighted by molar-refractivity contribution is -0.121. The number of thioether (sulfide) groups is 1. The molecular formula is C15H13N3OS3. The molecule has 0 radical (unpaired) electrons. The largest absolute Gasteiger partial charge is 0.282 e. The minimum atomic E-state index is -0.0367. The first-order chi connectivity index (χ1) is 10.7.